The highest BCUT2D eigenvalue weighted by Gasteiger charge is 2.30. The Bertz CT molecular complexity index is 1260. The molecule has 2 amide bonds. The average Bonchev–Trinajstić information content (AvgIpc) is 3.17. The third-order valence-corrected chi connectivity index (χ3v) is 7.12. The van der Waals surface area contributed by atoms with Crippen LogP contribution in [0.4, 0.5) is 0 Å². The van der Waals surface area contributed by atoms with E-state index in [1.807, 2.05) is 47.4 Å². The molecule has 1 aliphatic carbocycles. The zero-order valence-electron chi connectivity index (χ0n) is 19.3. The normalized spacial score (nSPS) is 19.9. The number of hydrogen-bond acceptors (Lipinski definition) is 4. The van der Waals surface area contributed by atoms with Crippen molar-refractivity contribution in [2.45, 2.75) is 57.7 Å². The van der Waals surface area contributed by atoms with Crippen molar-refractivity contribution in [1.82, 2.24) is 19.8 Å². The first-order chi connectivity index (χ1) is 16.6. The minimum absolute atomic E-state index is 0.0374. The summed E-state index contributed by atoms with van der Waals surface area (Å²) in [6, 6.07) is 15.4. The van der Waals surface area contributed by atoms with Crippen LogP contribution in [-0.4, -0.2) is 38.9 Å². The number of nitrogens with zero attached hydrogens (tertiary/aromatic N) is 3. The van der Waals surface area contributed by atoms with Gasteiger partial charge in [-0.25, -0.2) is 4.98 Å². The van der Waals surface area contributed by atoms with Crippen LogP contribution >= 0.6 is 0 Å². The number of rotatable bonds is 7. The SMILES string of the molecule is O=C(CCCn1cnc2ccccc2c1=O)NC1CCC(CN2Cc3ccccc3C2=O)CC1. The van der Waals surface area contributed by atoms with Gasteiger partial charge in [0.1, 0.15) is 0 Å². The zero-order valence-corrected chi connectivity index (χ0v) is 19.3. The first-order valence-electron chi connectivity index (χ1n) is 12.2. The molecule has 1 aromatic heterocycles. The number of fused-ring (bicyclic) bond motifs is 2. The Balaban J connectivity index is 1.04. The zero-order chi connectivity index (χ0) is 23.5. The van der Waals surface area contributed by atoms with Crippen molar-refractivity contribution in [1.29, 1.82) is 0 Å². The molecule has 0 atom stereocenters. The lowest BCUT2D eigenvalue weighted by Crippen LogP contribution is -2.40. The molecule has 2 aromatic carbocycles. The van der Waals surface area contributed by atoms with Crippen molar-refractivity contribution in [2.75, 3.05) is 6.54 Å². The predicted octanol–water partition coefficient (Wildman–Crippen LogP) is 3.51. The highest BCUT2D eigenvalue weighted by atomic mass is 16.2. The molecule has 7 nitrogen and oxygen atoms in total. The fourth-order valence-electron chi connectivity index (χ4n) is 5.24. The third kappa shape index (κ3) is 4.74. The topological polar surface area (TPSA) is 84.3 Å². The van der Waals surface area contributed by atoms with Crippen molar-refractivity contribution in [3.05, 3.63) is 76.3 Å². The van der Waals surface area contributed by atoms with Crippen LogP contribution in [0, 0.1) is 5.92 Å². The van der Waals surface area contributed by atoms with E-state index >= 15 is 0 Å². The van der Waals surface area contributed by atoms with Gasteiger partial charge in [0.25, 0.3) is 11.5 Å². The Morgan fingerprint density at radius 3 is 2.59 bits per heavy atom. The van der Waals surface area contributed by atoms with Gasteiger partial charge in [0.15, 0.2) is 0 Å². The van der Waals surface area contributed by atoms with Crippen molar-refractivity contribution >= 4 is 22.7 Å². The second-order valence-electron chi connectivity index (χ2n) is 9.49. The van der Waals surface area contributed by atoms with Gasteiger partial charge in [0.2, 0.25) is 5.91 Å². The molecular weight excluding hydrogens is 428 g/mol. The fraction of sp³-hybridized carbons (Fsp3) is 0.407. The number of nitrogens with one attached hydrogen (secondary N) is 1. The molecule has 34 heavy (non-hydrogen) atoms. The summed E-state index contributed by atoms with van der Waals surface area (Å²) in [7, 11) is 0. The van der Waals surface area contributed by atoms with Crippen molar-refractivity contribution in [3.63, 3.8) is 0 Å². The molecule has 2 heterocycles. The first kappa shape index (κ1) is 22.3. The van der Waals surface area contributed by atoms with Gasteiger partial charge >= 0.3 is 0 Å². The van der Waals surface area contributed by atoms with Crippen LogP contribution in [0.1, 0.15) is 54.4 Å². The minimum Gasteiger partial charge on any atom is -0.353 e. The van der Waals surface area contributed by atoms with Crippen LogP contribution in [0.3, 0.4) is 0 Å². The number of carbonyl (C=O) groups excluding carboxylic acids is 2. The smallest absolute Gasteiger partial charge is 0.261 e. The van der Waals surface area contributed by atoms with E-state index in [9.17, 15) is 14.4 Å². The van der Waals surface area contributed by atoms with E-state index in [2.05, 4.69) is 10.3 Å². The van der Waals surface area contributed by atoms with E-state index in [0.29, 0.717) is 42.8 Å². The van der Waals surface area contributed by atoms with Crippen LogP contribution in [0.25, 0.3) is 10.9 Å². The quantitative estimate of drug-likeness (QED) is 0.587. The van der Waals surface area contributed by atoms with Gasteiger partial charge in [-0.1, -0.05) is 30.3 Å². The van der Waals surface area contributed by atoms with Gasteiger partial charge in [0.05, 0.1) is 17.2 Å². The number of amides is 2. The highest BCUT2D eigenvalue weighted by molar-refractivity contribution is 5.98. The van der Waals surface area contributed by atoms with Gasteiger partial charge in [-0.05, 0) is 61.8 Å². The average molecular weight is 459 g/mol. The van der Waals surface area contributed by atoms with E-state index in [1.54, 1.807) is 17.0 Å². The Kier molecular flexibility index (Phi) is 6.43. The number of benzene rings is 2. The summed E-state index contributed by atoms with van der Waals surface area (Å²) in [5.74, 6) is 0.667. The van der Waals surface area contributed by atoms with E-state index in [0.717, 1.165) is 43.4 Å². The highest BCUT2D eigenvalue weighted by Crippen LogP contribution is 2.29. The molecule has 1 aliphatic heterocycles. The van der Waals surface area contributed by atoms with Gasteiger partial charge in [0, 0.05) is 37.7 Å². The Hall–Kier alpha value is -3.48. The van der Waals surface area contributed by atoms with Crippen LogP contribution in [0.2, 0.25) is 0 Å². The van der Waals surface area contributed by atoms with E-state index in [-0.39, 0.29) is 23.4 Å². The standard InChI is InChI=1S/C27H30N4O3/c32-25(10-5-15-30-18-28-24-9-4-3-8-23(24)27(30)34)29-21-13-11-19(12-14-21)16-31-17-20-6-1-2-7-22(20)26(31)33/h1-4,6-9,18-19,21H,5,10-17H2,(H,29,32). The summed E-state index contributed by atoms with van der Waals surface area (Å²) in [5, 5.41) is 3.77. The predicted molar refractivity (Wildman–Crippen MR) is 130 cm³/mol. The van der Waals surface area contributed by atoms with Crippen LogP contribution in [0.5, 0.6) is 0 Å². The molecule has 1 saturated carbocycles. The number of aryl methyl sites for hydroxylation is 1. The van der Waals surface area contributed by atoms with Gasteiger partial charge in [-0.15, -0.1) is 0 Å². The van der Waals surface area contributed by atoms with Gasteiger partial charge < -0.3 is 10.2 Å². The molecule has 1 N–H and O–H groups in total. The van der Waals surface area contributed by atoms with Crippen LogP contribution < -0.4 is 10.9 Å². The summed E-state index contributed by atoms with van der Waals surface area (Å²) in [5.41, 5.74) is 2.58. The van der Waals surface area contributed by atoms with Gasteiger partial charge in [-0.3, -0.25) is 19.0 Å². The molecule has 176 valence electrons. The lowest BCUT2D eigenvalue weighted by Gasteiger charge is -2.31. The number of hydrogen-bond donors (Lipinski definition) is 1. The van der Waals surface area contributed by atoms with Crippen molar-refractivity contribution in [2.24, 2.45) is 5.92 Å². The number of carbonyl (C=O) groups is 2. The molecule has 0 radical (unpaired) electrons. The molecular formula is C27H30N4O3. The lowest BCUT2D eigenvalue weighted by molar-refractivity contribution is -0.122. The minimum atomic E-state index is -0.0658. The van der Waals surface area contributed by atoms with Crippen molar-refractivity contribution < 1.29 is 9.59 Å². The van der Waals surface area contributed by atoms with E-state index < -0.39 is 0 Å². The molecule has 2 aliphatic rings. The van der Waals surface area contributed by atoms with Gasteiger partial charge in [-0.2, -0.15) is 0 Å². The molecule has 5 rings (SSSR count). The van der Waals surface area contributed by atoms with Crippen LogP contribution in [-0.2, 0) is 17.9 Å². The summed E-state index contributed by atoms with van der Waals surface area (Å²) < 4.78 is 1.58. The summed E-state index contributed by atoms with van der Waals surface area (Å²) in [6.07, 6.45) is 6.47. The maximum atomic E-state index is 12.6. The second kappa shape index (κ2) is 9.79. The largest absolute Gasteiger partial charge is 0.353 e. The van der Waals surface area contributed by atoms with E-state index in [4.69, 9.17) is 0 Å². The lowest BCUT2D eigenvalue weighted by atomic mass is 9.85. The Morgan fingerprint density at radius 2 is 1.76 bits per heavy atom. The van der Waals surface area contributed by atoms with E-state index in [1.165, 1.54) is 0 Å². The number of aromatic nitrogens is 2. The maximum Gasteiger partial charge on any atom is 0.261 e. The van der Waals surface area contributed by atoms with Crippen molar-refractivity contribution in [3.8, 4) is 0 Å². The molecule has 3 aromatic rings. The molecule has 0 bridgehead atoms. The monoisotopic (exact) mass is 458 g/mol. The first-order valence-corrected chi connectivity index (χ1v) is 12.2. The summed E-state index contributed by atoms with van der Waals surface area (Å²) >= 11 is 0. The maximum absolute atomic E-state index is 12.6. The Morgan fingerprint density at radius 1 is 1.00 bits per heavy atom. The second-order valence-corrected chi connectivity index (χ2v) is 9.49. The van der Waals surface area contributed by atoms with Crippen LogP contribution in [0.15, 0.2) is 59.7 Å². The molecule has 0 unspecified atom stereocenters. The molecule has 7 heteroatoms. The Labute approximate surface area is 198 Å². The fourth-order valence-corrected chi connectivity index (χ4v) is 5.24. The summed E-state index contributed by atoms with van der Waals surface area (Å²) in [6.45, 7) is 1.98. The summed E-state index contributed by atoms with van der Waals surface area (Å²) in [4.78, 5) is 43.9. The number of para-hydroxylation sites is 1. The molecule has 1 fully saturated rings. The molecule has 0 saturated heterocycles. The third-order valence-electron chi connectivity index (χ3n) is 7.12. The molecule has 0 spiro atoms.